The van der Waals surface area contributed by atoms with Gasteiger partial charge < -0.3 is 8.92 Å². The Morgan fingerprint density at radius 2 is 1.68 bits per heavy atom. The Bertz CT molecular complexity index is 792. The number of carbonyl (C=O) groups excluding carboxylic acids is 1. The van der Waals surface area contributed by atoms with E-state index >= 15 is 0 Å². The molecule has 0 aromatic heterocycles. The number of hydrogen-bond donors (Lipinski definition) is 0. The zero-order chi connectivity index (χ0) is 16.3. The molecule has 0 aliphatic rings. The van der Waals surface area contributed by atoms with Crippen LogP contribution in [0.1, 0.15) is 22.8 Å². The minimum atomic E-state index is -4.00. The van der Waals surface area contributed by atoms with Crippen molar-refractivity contribution in [3.63, 3.8) is 0 Å². The molecule has 0 heterocycles. The molecule has 0 atom stereocenters. The number of aryl methyl sites for hydroxylation is 1. The second kappa shape index (κ2) is 6.19. The predicted molar refractivity (Wildman–Crippen MR) is 82.0 cm³/mol. The topological polar surface area (TPSA) is 69.7 Å². The zero-order valence-corrected chi connectivity index (χ0v) is 13.3. The van der Waals surface area contributed by atoms with Crippen molar-refractivity contribution >= 4 is 15.9 Å². The summed E-state index contributed by atoms with van der Waals surface area (Å²) in [6.45, 7) is 3.19. The highest BCUT2D eigenvalue weighted by Crippen LogP contribution is 2.27. The summed E-state index contributed by atoms with van der Waals surface area (Å²) in [7, 11) is -2.54. The molecule has 2 rings (SSSR count). The van der Waals surface area contributed by atoms with Gasteiger partial charge in [0.05, 0.1) is 12.7 Å². The molecule has 0 aliphatic heterocycles. The molecule has 6 heteroatoms. The summed E-state index contributed by atoms with van der Waals surface area (Å²) in [5, 5.41) is 0. The van der Waals surface area contributed by atoms with E-state index in [9.17, 15) is 13.2 Å². The van der Waals surface area contributed by atoms with Gasteiger partial charge in [-0.2, -0.15) is 8.42 Å². The first-order valence-corrected chi connectivity index (χ1v) is 7.94. The van der Waals surface area contributed by atoms with Gasteiger partial charge in [-0.25, -0.2) is 0 Å². The number of methoxy groups -OCH3 is 1. The lowest BCUT2D eigenvalue weighted by atomic mass is 10.1. The summed E-state index contributed by atoms with van der Waals surface area (Å²) < 4.78 is 34.7. The van der Waals surface area contributed by atoms with E-state index in [0.717, 1.165) is 5.56 Å². The van der Waals surface area contributed by atoms with Crippen LogP contribution in [0.3, 0.4) is 0 Å². The quantitative estimate of drug-likeness (QED) is 0.626. The Morgan fingerprint density at radius 3 is 2.23 bits per heavy atom. The molecule has 2 aromatic rings. The molecular formula is C16H16O5S. The zero-order valence-electron chi connectivity index (χ0n) is 12.5. The van der Waals surface area contributed by atoms with E-state index in [0.29, 0.717) is 5.75 Å². The van der Waals surface area contributed by atoms with Gasteiger partial charge in [0.1, 0.15) is 10.6 Å². The SMILES string of the molecule is COc1ccc(OS(=O)(=O)c2ccc(C)cc2)c(C(C)=O)c1. The second-order valence-electron chi connectivity index (χ2n) is 4.77. The van der Waals surface area contributed by atoms with Crippen LogP contribution in [-0.2, 0) is 10.1 Å². The van der Waals surface area contributed by atoms with Crippen molar-refractivity contribution in [2.75, 3.05) is 7.11 Å². The normalized spacial score (nSPS) is 11.0. The molecule has 0 saturated carbocycles. The Balaban J connectivity index is 2.41. The minimum Gasteiger partial charge on any atom is -0.497 e. The maximum atomic E-state index is 12.3. The number of benzene rings is 2. The maximum Gasteiger partial charge on any atom is 0.339 e. The van der Waals surface area contributed by atoms with Gasteiger partial charge in [0.25, 0.3) is 0 Å². The van der Waals surface area contributed by atoms with Crippen LogP contribution in [0.2, 0.25) is 0 Å². The Hall–Kier alpha value is -2.34. The highest BCUT2D eigenvalue weighted by molar-refractivity contribution is 7.87. The van der Waals surface area contributed by atoms with E-state index in [1.807, 2.05) is 6.92 Å². The van der Waals surface area contributed by atoms with Crippen LogP contribution >= 0.6 is 0 Å². The van der Waals surface area contributed by atoms with E-state index in [2.05, 4.69) is 0 Å². The summed E-state index contributed by atoms with van der Waals surface area (Å²) in [6, 6.07) is 10.7. The number of ketones is 1. The van der Waals surface area contributed by atoms with Crippen LogP contribution < -0.4 is 8.92 Å². The highest BCUT2D eigenvalue weighted by atomic mass is 32.2. The van der Waals surface area contributed by atoms with Crippen molar-refractivity contribution in [3.05, 3.63) is 53.6 Å². The predicted octanol–water partition coefficient (Wildman–Crippen LogP) is 2.97. The smallest absolute Gasteiger partial charge is 0.339 e. The molecule has 0 spiro atoms. The third-order valence-electron chi connectivity index (χ3n) is 3.08. The standard InChI is InChI=1S/C16H16O5S/c1-11-4-7-14(8-5-11)22(18,19)21-16-9-6-13(20-3)10-15(16)12(2)17/h4-10H,1-3H3. The molecule has 0 saturated heterocycles. The highest BCUT2D eigenvalue weighted by Gasteiger charge is 2.20. The lowest BCUT2D eigenvalue weighted by Crippen LogP contribution is -2.12. The van der Waals surface area contributed by atoms with Crippen LogP contribution in [0.25, 0.3) is 0 Å². The van der Waals surface area contributed by atoms with E-state index in [1.54, 1.807) is 12.1 Å². The van der Waals surface area contributed by atoms with Crippen LogP contribution in [0, 0.1) is 6.92 Å². The second-order valence-corrected chi connectivity index (χ2v) is 6.32. The fourth-order valence-corrected chi connectivity index (χ4v) is 2.80. The number of Topliss-reactive ketones (excluding diaryl/α,β-unsaturated/α-hetero) is 1. The fraction of sp³-hybridized carbons (Fsp3) is 0.188. The summed E-state index contributed by atoms with van der Waals surface area (Å²) in [5.41, 5.74) is 1.09. The van der Waals surface area contributed by atoms with Crippen molar-refractivity contribution in [2.24, 2.45) is 0 Å². The molecule has 0 aliphatic carbocycles. The first kappa shape index (κ1) is 16.0. The fourth-order valence-electron chi connectivity index (χ4n) is 1.86. The molecule has 0 fully saturated rings. The Kier molecular flexibility index (Phi) is 4.51. The molecule has 0 radical (unpaired) electrons. The van der Waals surface area contributed by atoms with Gasteiger partial charge in [-0.3, -0.25) is 4.79 Å². The molecule has 2 aromatic carbocycles. The summed E-state index contributed by atoms with van der Waals surface area (Å²) in [5.74, 6) is 0.118. The van der Waals surface area contributed by atoms with Crippen molar-refractivity contribution in [1.29, 1.82) is 0 Å². The van der Waals surface area contributed by atoms with E-state index in [1.165, 1.54) is 44.4 Å². The van der Waals surface area contributed by atoms with E-state index in [4.69, 9.17) is 8.92 Å². The molecule has 0 amide bonds. The van der Waals surface area contributed by atoms with Crippen LogP contribution in [-0.4, -0.2) is 21.3 Å². The maximum absolute atomic E-state index is 12.3. The van der Waals surface area contributed by atoms with Crippen LogP contribution in [0.15, 0.2) is 47.4 Å². The first-order valence-electron chi connectivity index (χ1n) is 6.53. The Labute approximate surface area is 129 Å². The summed E-state index contributed by atoms with van der Waals surface area (Å²) >= 11 is 0. The molecule has 116 valence electrons. The van der Waals surface area contributed by atoms with Gasteiger partial charge in [-0.05, 0) is 44.2 Å². The van der Waals surface area contributed by atoms with Gasteiger partial charge in [0.2, 0.25) is 0 Å². The Morgan fingerprint density at radius 1 is 1.05 bits per heavy atom. The molecule has 22 heavy (non-hydrogen) atoms. The van der Waals surface area contributed by atoms with Gasteiger partial charge >= 0.3 is 10.1 Å². The van der Waals surface area contributed by atoms with Gasteiger partial charge in [0, 0.05) is 0 Å². The monoisotopic (exact) mass is 320 g/mol. The average molecular weight is 320 g/mol. The number of hydrogen-bond acceptors (Lipinski definition) is 5. The van der Waals surface area contributed by atoms with Gasteiger partial charge in [-0.1, -0.05) is 17.7 Å². The van der Waals surface area contributed by atoms with Crippen molar-refractivity contribution in [2.45, 2.75) is 18.7 Å². The number of carbonyl (C=O) groups is 1. The molecule has 0 N–H and O–H groups in total. The minimum absolute atomic E-state index is 0.0196. The molecule has 5 nitrogen and oxygen atoms in total. The first-order chi connectivity index (χ1) is 10.3. The number of rotatable bonds is 5. The molecule has 0 bridgehead atoms. The van der Waals surface area contributed by atoms with Crippen molar-refractivity contribution in [3.8, 4) is 11.5 Å². The third-order valence-corrected chi connectivity index (χ3v) is 4.32. The average Bonchev–Trinajstić information content (AvgIpc) is 2.47. The van der Waals surface area contributed by atoms with Crippen LogP contribution in [0.5, 0.6) is 11.5 Å². The third kappa shape index (κ3) is 3.46. The van der Waals surface area contributed by atoms with Crippen molar-refractivity contribution < 1.29 is 22.1 Å². The molecule has 0 unspecified atom stereocenters. The molecular weight excluding hydrogens is 304 g/mol. The summed E-state index contributed by atoms with van der Waals surface area (Å²) in [6.07, 6.45) is 0. The summed E-state index contributed by atoms with van der Waals surface area (Å²) in [4.78, 5) is 11.7. The van der Waals surface area contributed by atoms with E-state index < -0.39 is 10.1 Å². The van der Waals surface area contributed by atoms with Crippen molar-refractivity contribution in [1.82, 2.24) is 0 Å². The van der Waals surface area contributed by atoms with E-state index in [-0.39, 0.29) is 22.0 Å². The lowest BCUT2D eigenvalue weighted by Gasteiger charge is -2.11. The number of ether oxygens (including phenoxy) is 1. The van der Waals surface area contributed by atoms with Gasteiger partial charge in [0.15, 0.2) is 11.5 Å². The lowest BCUT2D eigenvalue weighted by molar-refractivity contribution is 0.101. The van der Waals surface area contributed by atoms with Gasteiger partial charge in [-0.15, -0.1) is 0 Å². The largest absolute Gasteiger partial charge is 0.497 e. The van der Waals surface area contributed by atoms with Crippen LogP contribution in [0.4, 0.5) is 0 Å².